The highest BCUT2D eigenvalue weighted by molar-refractivity contribution is 6.74. The highest BCUT2D eigenvalue weighted by atomic mass is 28.4. The topological polar surface area (TPSA) is 65.0 Å². The summed E-state index contributed by atoms with van der Waals surface area (Å²) < 4.78 is 17.3. The largest absolute Gasteiger partial charge is 0.411 e. The zero-order chi connectivity index (χ0) is 19.4. The molecule has 5 nitrogen and oxygen atoms in total. The standard InChI is InChI=1S/C20H30O5Si/c1-19(2,3)26(4,5)24-15-20(22)12-11-17(21)18(25-20)14-23-13-16-9-7-6-8-10-16/h6-12,18,22H,13-15H2,1-5H3/t18-,20?/m0/s1. The van der Waals surface area contributed by atoms with E-state index in [0.29, 0.717) is 6.61 Å². The maximum absolute atomic E-state index is 12.0. The first-order valence-corrected chi connectivity index (χ1v) is 11.8. The number of hydrogen-bond acceptors (Lipinski definition) is 5. The Morgan fingerprint density at radius 1 is 1.23 bits per heavy atom. The first-order valence-electron chi connectivity index (χ1n) is 8.91. The van der Waals surface area contributed by atoms with Gasteiger partial charge in [-0.2, -0.15) is 0 Å². The Balaban J connectivity index is 1.91. The van der Waals surface area contributed by atoms with Crippen LogP contribution in [0.2, 0.25) is 18.1 Å². The van der Waals surface area contributed by atoms with E-state index < -0.39 is 20.2 Å². The number of ketones is 1. The van der Waals surface area contributed by atoms with Crippen LogP contribution in [0.1, 0.15) is 26.3 Å². The molecule has 2 atom stereocenters. The maximum Gasteiger partial charge on any atom is 0.209 e. The lowest BCUT2D eigenvalue weighted by molar-refractivity contribution is -0.224. The van der Waals surface area contributed by atoms with Crippen LogP contribution in [0.4, 0.5) is 0 Å². The second-order valence-corrected chi connectivity index (χ2v) is 13.0. The molecule has 0 saturated heterocycles. The molecule has 1 N–H and O–H groups in total. The van der Waals surface area contributed by atoms with Gasteiger partial charge < -0.3 is 19.0 Å². The van der Waals surface area contributed by atoms with E-state index in [1.807, 2.05) is 30.3 Å². The van der Waals surface area contributed by atoms with Crippen molar-refractivity contribution in [3.05, 3.63) is 48.0 Å². The van der Waals surface area contributed by atoms with Crippen LogP contribution in [0.3, 0.4) is 0 Å². The molecular weight excluding hydrogens is 348 g/mol. The van der Waals surface area contributed by atoms with Gasteiger partial charge in [0.1, 0.15) is 6.10 Å². The van der Waals surface area contributed by atoms with E-state index in [2.05, 4.69) is 33.9 Å². The molecule has 1 unspecified atom stereocenters. The van der Waals surface area contributed by atoms with Gasteiger partial charge in [-0.05, 0) is 35.8 Å². The van der Waals surface area contributed by atoms with Crippen molar-refractivity contribution in [1.29, 1.82) is 0 Å². The van der Waals surface area contributed by atoms with Gasteiger partial charge in [-0.15, -0.1) is 0 Å². The monoisotopic (exact) mass is 378 g/mol. The summed E-state index contributed by atoms with van der Waals surface area (Å²) in [5.74, 6) is -1.82. The van der Waals surface area contributed by atoms with E-state index >= 15 is 0 Å². The predicted octanol–water partition coefficient (Wildman–Crippen LogP) is 3.44. The Labute approximate surface area is 157 Å². The molecule has 0 fully saturated rings. The fraction of sp³-hybridized carbons (Fsp3) is 0.550. The molecule has 0 saturated carbocycles. The number of aliphatic hydroxyl groups is 1. The van der Waals surface area contributed by atoms with Crippen LogP contribution in [0, 0.1) is 0 Å². The van der Waals surface area contributed by atoms with Gasteiger partial charge in [0.05, 0.1) is 19.8 Å². The summed E-state index contributed by atoms with van der Waals surface area (Å²) >= 11 is 0. The third-order valence-electron chi connectivity index (χ3n) is 5.00. The molecule has 2 rings (SSSR count). The van der Waals surface area contributed by atoms with E-state index in [0.717, 1.165) is 5.56 Å². The van der Waals surface area contributed by atoms with Crippen LogP contribution in [0.25, 0.3) is 0 Å². The summed E-state index contributed by atoms with van der Waals surface area (Å²) in [6.45, 7) is 11.1. The first kappa shape index (κ1) is 21.0. The summed E-state index contributed by atoms with van der Waals surface area (Å²) in [7, 11) is -2.03. The van der Waals surface area contributed by atoms with Crippen molar-refractivity contribution in [3.8, 4) is 0 Å². The molecule has 0 amide bonds. The lowest BCUT2D eigenvalue weighted by atomic mass is 10.1. The Bertz CT molecular complexity index is 635. The molecule has 26 heavy (non-hydrogen) atoms. The minimum absolute atomic E-state index is 0.00244. The Morgan fingerprint density at radius 3 is 2.50 bits per heavy atom. The minimum Gasteiger partial charge on any atom is -0.411 e. The van der Waals surface area contributed by atoms with Crippen molar-refractivity contribution in [2.45, 2.75) is 57.4 Å². The molecule has 0 bridgehead atoms. The fourth-order valence-electron chi connectivity index (χ4n) is 2.22. The van der Waals surface area contributed by atoms with Crippen molar-refractivity contribution >= 4 is 14.1 Å². The quantitative estimate of drug-likeness (QED) is 0.736. The van der Waals surface area contributed by atoms with E-state index in [9.17, 15) is 9.90 Å². The zero-order valence-electron chi connectivity index (χ0n) is 16.3. The van der Waals surface area contributed by atoms with Gasteiger partial charge in [-0.3, -0.25) is 4.79 Å². The van der Waals surface area contributed by atoms with Crippen molar-refractivity contribution in [1.82, 2.24) is 0 Å². The zero-order valence-corrected chi connectivity index (χ0v) is 17.3. The Kier molecular flexibility index (Phi) is 6.58. The lowest BCUT2D eigenvalue weighted by Crippen LogP contribution is -2.50. The van der Waals surface area contributed by atoms with Crippen LogP contribution >= 0.6 is 0 Å². The van der Waals surface area contributed by atoms with Gasteiger partial charge in [0, 0.05) is 0 Å². The number of carbonyl (C=O) groups excluding carboxylic acids is 1. The van der Waals surface area contributed by atoms with E-state index in [1.54, 1.807) is 0 Å². The Hall–Kier alpha value is -1.31. The molecule has 1 heterocycles. The van der Waals surface area contributed by atoms with Crippen LogP contribution in [0.5, 0.6) is 0 Å². The summed E-state index contributed by atoms with van der Waals surface area (Å²) in [5.41, 5.74) is 1.02. The molecule has 144 valence electrons. The molecule has 6 heteroatoms. The molecule has 0 aliphatic carbocycles. The van der Waals surface area contributed by atoms with Gasteiger partial charge >= 0.3 is 0 Å². The normalized spacial score (nSPS) is 24.1. The van der Waals surface area contributed by atoms with Crippen molar-refractivity contribution in [2.24, 2.45) is 0 Å². The van der Waals surface area contributed by atoms with Gasteiger partial charge in [0.15, 0.2) is 14.1 Å². The van der Waals surface area contributed by atoms with Gasteiger partial charge in [0.2, 0.25) is 5.79 Å². The van der Waals surface area contributed by atoms with Gasteiger partial charge in [-0.1, -0.05) is 51.1 Å². The smallest absolute Gasteiger partial charge is 0.209 e. The van der Waals surface area contributed by atoms with E-state index in [4.69, 9.17) is 13.9 Å². The van der Waals surface area contributed by atoms with Crippen LogP contribution in [-0.4, -0.2) is 44.3 Å². The maximum atomic E-state index is 12.0. The second kappa shape index (κ2) is 8.15. The molecule has 1 aliphatic rings. The summed E-state index contributed by atoms with van der Waals surface area (Å²) in [6, 6.07) is 9.70. The van der Waals surface area contributed by atoms with Crippen molar-refractivity contribution in [2.75, 3.05) is 13.2 Å². The number of rotatable bonds is 7. The second-order valence-electron chi connectivity index (χ2n) is 8.24. The molecular formula is C20H30O5Si. The third-order valence-corrected chi connectivity index (χ3v) is 9.48. The first-order chi connectivity index (χ1) is 12.0. The average Bonchev–Trinajstić information content (AvgIpc) is 2.57. The molecule has 0 aromatic heterocycles. The van der Waals surface area contributed by atoms with Crippen LogP contribution in [-0.2, 0) is 25.3 Å². The molecule has 1 aliphatic heterocycles. The van der Waals surface area contributed by atoms with Crippen LogP contribution in [0.15, 0.2) is 42.5 Å². The average molecular weight is 379 g/mol. The van der Waals surface area contributed by atoms with Crippen molar-refractivity contribution in [3.63, 3.8) is 0 Å². The molecule has 1 aromatic rings. The SMILES string of the molecule is CC(C)(C)[Si](C)(C)OCC1(O)C=CC(=O)[C@H](COCc2ccccc2)O1. The summed E-state index contributed by atoms with van der Waals surface area (Å²) in [5, 5.41) is 10.7. The molecule has 1 aromatic carbocycles. The van der Waals surface area contributed by atoms with E-state index in [1.165, 1.54) is 12.2 Å². The third kappa shape index (κ3) is 5.59. The number of ether oxygens (including phenoxy) is 2. The highest BCUT2D eigenvalue weighted by Gasteiger charge is 2.42. The summed E-state index contributed by atoms with van der Waals surface area (Å²) in [4.78, 5) is 12.0. The molecule has 0 radical (unpaired) electrons. The summed E-state index contributed by atoms with van der Waals surface area (Å²) in [6.07, 6.45) is 1.89. The number of carbonyl (C=O) groups is 1. The number of hydrogen-bond donors (Lipinski definition) is 1. The van der Waals surface area contributed by atoms with E-state index in [-0.39, 0.29) is 24.0 Å². The van der Waals surface area contributed by atoms with Gasteiger partial charge in [0.25, 0.3) is 0 Å². The van der Waals surface area contributed by atoms with Gasteiger partial charge in [-0.25, -0.2) is 0 Å². The minimum atomic E-state index is -2.03. The van der Waals surface area contributed by atoms with Crippen LogP contribution < -0.4 is 0 Å². The predicted molar refractivity (Wildman–Crippen MR) is 103 cm³/mol. The lowest BCUT2D eigenvalue weighted by Gasteiger charge is -2.40. The fourth-order valence-corrected chi connectivity index (χ4v) is 3.22. The number of benzene rings is 1. The highest BCUT2D eigenvalue weighted by Crippen LogP contribution is 2.37. The van der Waals surface area contributed by atoms with Crippen molar-refractivity contribution < 1.29 is 23.8 Å². The Morgan fingerprint density at radius 2 is 1.88 bits per heavy atom. The molecule has 0 spiro atoms.